The normalized spacial score (nSPS) is 10.0. The third kappa shape index (κ3) is 2.83. The van der Waals surface area contributed by atoms with Crippen molar-refractivity contribution in [2.45, 2.75) is 6.92 Å². The topological polar surface area (TPSA) is 72.3 Å². The number of nitrogen functional groups attached to an aromatic ring is 1. The van der Waals surface area contributed by atoms with Crippen LogP contribution >= 0.6 is 0 Å². The highest BCUT2D eigenvalue weighted by molar-refractivity contribution is 5.81. The Morgan fingerprint density at radius 2 is 2.20 bits per heavy atom. The van der Waals surface area contributed by atoms with Gasteiger partial charge >= 0.3 is 0 Å². The molecule has 4 nitrogen and oxygen atoms in total. The summed E-state index contributed by atoms with van der Waals surface area (Å²) in [6.45, 7) is 2.52. The monoisotopic (exact) mass is 211 g/mol. The minimum atomic E-state index is -0.444. The molecular formula is C10H14FN3O. The number of anilines is 2. The standard InChI is InChI=1S/C10H14FN3O/c1-2-14(6-10(13)15)9-4-3-7(11)5-8(9)12/h3-5H,2,6,12H2,1H3,(H2,13,15). The summed E-state index contributed by atoms with van der Waals surface area (Å²) in [7, 11) is 0. The maximum atomic E-state index is 12.8. The van der Waals surface area contributed by atoms with Crippen LogP contribution in [0, 0.1) is 5.82 Å². The first-order chi connectivity index (χ1) is 7.04. The second kappa shape index (κ2) is 4.63. The van der Waals surface area contributed by atoms with Gasteiger partial charge in [0.05, 0.1) is 17.9 Å². The Morgan fingerprint density at radius 1 is 1.53 bits per heavy atom. The van der Waals surface area contributed by atoms with Gasteiger partial charge in [0.2, 0.25) is 5.91 Å². The van der Waals surface area contributed by atoms with Gasteiger partial charge < -0.3 is 16.4 Å². The van der Waals surface area contributed by atoms with Crippen molar-refractivity contribution in [1.29, 1.82) is 0 Å². The molecule has 0 saturated carbocycles. The van der Waals surface area contributed by atoms with Crippen LogP contribution < -0.4 is 16.4 Å². The zero-order chi connectivity index (χ0) is 11.4. The largest absolute Gasteiger partial charge is 0.397 e. The lowest BCUT2D eigenvalue weighted by Gasteiger charge is -2.22. The summed E-state index contributed by atoms with van der Waals surface area (Å²) in [6.07, 6.45) is 0. The predicted molar refractivity (Wildman–Crippen MR) is 57.9 cm³/mol. The Labute approximate surface area is 87.7 Å². The SMILES string of the molecule is CCN(CC(N)=O)c1ccc(F)cc1N. The summed E-state index contributed by atoms with van der Waals surface area (Å²) in [6, 6.07) is 4.06. The third-order valence-electron chi connectivity index (χ3n) is 2.06. The van der Waals surface area contributed by atoms with E-state index in [0.717, 1.165) is 0 Å². The molecule has 0 saturated heterocycles. The summed E-state index contributed by atoms with van der Waals surface area (Å²) >= 11 is 0. The average molecular weight is 211 g/mol. The van der Waals surface area contributed by atoms with Crippen LogP contribution in [0.5, 0.6) is 0 Å². The molecule has 1 aromatic rings. The van der Waals surface area contributed by atoms with E-state index in [0.29, 0.717) is 17.9 Å². The molecule has 0 fully saturated rings. The number of rotatable bonds is 4. The Morgan fingerprint density at radius 3 is 2.67 bits per heavy atom. The van der Waals surface area contributed by atoms with Gasteiger partial charge in [-0.3, -0.25) is 4.79 Å². The lowest BCUT2D eigenvalue weighted by atomic mass is 10.2. The van der Waals surface area contributed by atoms with Gasteiger partial charge in [0.15, 0.2) is 0 Å². The number of halogens is 1. The van der Waals surface area contributed by atoms with E-state index < -0.39 is 11.7 Å². The van der Waals surface area contributed by atoms with Crippen molar-refractivity contribution in [2.75, 3.05) is 23.7 Å². The second-order valence-electron chi connectivity index (χ2n) is 3.18. The number of carbonyl (C=O) groups excluding carboxylic acids is 1. The first-order valence-electron chi connectivity index (χ1n) is 4.63. The van der Waals surface area contributed by atoms with E-state index in [1.54, 1.807) is 4.90 Å². The van der Waals surface area contributed by atoms with Crippen molar-refractivity contribution in [1.82, 2.24) is 0 Å². The lowest BCUT2D eigenvalue weighted by Crippen LogP contribution is -2.34. The number of hydrogen-bond donors (Lipinski definition) is 2. The third-order valence-corrected chi connectivity index (χ3v) is 2.06. The van der Waals surface area contributed by atoms with Crippen LogP contribution in [0.25, 0.3) is 0 Å². The molecule has 0 heterocycles. The summed E-state index contributed by atoms with van der Waals surface area (Å²) in [4.78, 5) is 12.5. The second-order valence-corrected chi connectivity index (χ2v) is 3.18. The first kappa shape index (κ1) is 11.3. The summed E-state index contributed by atoms with van der Waals surface area (Å²) in [5.74, 6) is -0.841. The van der Waals surface area contributed by atoms with E-state index in [1.807, 2.05) is 6.92 Å². The molecule has 0 aliphatic heterocycles. The highest BCUT2D eigenvalue weighted by atomic mass is 19.1. The van der Waals surface area contributed by atoms with Crippen molar-refractivity contribution in [3.05, 3.63) is 24.0 Å². The molecule has 4 N–H and O–H groups in total. The van der Waals surface area contributed by atoms with Gasteiger partial charge in [0.1, 0.15) is 5.82 Å². The van der Waals surface area contributed by atoms with Crippen LogP contribution in [0.3, 0.4) is 0 Å². The van der Waals surface area contributed by atoms with E-state index in [2.05, 4.69) is 0 Å². The van der Waals surface area contributed by atoms with E-state index in [-0.39, 0.29) is 6.54 Å². The van der Waals surface area contributed by atoms with Gasteiger partial charge in [0.25, 0.3) is 0 Å². The zero-order valence-corrected chi connectivity index (χ0v) is 8.53. The number of amides is 1. The molecule has 1 rings (SSSR count). The molecule has 0 aromatic heterocycles. The molecule has 0 aliphatic rings. The molecule has 82 valence electrons. The van der Waals surface area contributed by atoms with Gasteiger partial charge in [-0.1, -0.05) is 0 Å². The molecule has 0 spiro atoms. The van der Waals surface area contributed by atoms with Crippen molar-refractivity contribution in [2.24, 2.45) is 5.73 Å². The average Bonchev–Trinajstić information content (AvgIpc) is 2.14. The highest BCUT2D eigenvalue weighted by Crippen LogP contribution is 2.23. The van der Waals surface area contributed by atoms with E-state index in [9.17, 15) is 9.18 Å². The van der Waals surface area contributed by atoms with Gasteiger partial charge in [-0.25, -0.2) is 4.39 Å². The molecular weight excluding hydrogens is 197 g/mol. The lowest BCUT2D eigenvalue weighted by molar-refractivity contribution is -0.116. The van der Waals surface area contributed by atoms with Crippen LogP contribution in [0.1, 0.15) is 6.92 Å². The molecule has 0 aliphatic carbocycles. The van der Waals surface area contributed by atoms with Gasteiger partial charge in [-0.05, 0) is 25.1 Å². The number of carbonyl (C=O) groups is 1. The fourth-order valence-electron chi connectivity index (χ4n) is 1.37. The number of nitrogens with zero attached hydrogens (tertiary/aromatic N) is 1. The zero-order valence-electron chi connectivity index (χ0n) is 8.53. The number of hydrogen-bond acceptors (Lipinski definition) is 3. The summed E-state index contributed by atoms with van der Waals surface area (Å²) in [5.41, 5.74) is 11.7. The van der Waals surface area contributed by atoms with Crippen LogP contribution in [-0.2, 0) is 4.79 Å². The minimum Gasteiger partial charge on any atom is -0.397 e. The van der Waals surface area contributed by atoms with Gasteiger partial charge in [0, 0.05) is 6.54 Å². The minimum absolute atomic E-state index is 0.0757. The highest BCUT2D eigenvalue weighted by Gasteiger charge is 2.10. The smallest absolute Gasteiger partial charge is 0.236 e. The summed E-state index contributed by atoms with van der Waals surface area (Å²) < 4.78 is 12.8. The van der Waals surface area contributed by atoms with Gasteiger partial charge in [-0.2, -0.15) is 0 Å². The quantitative estimate of drug-likeness (QED) is 0.721. The van der Waals surface area contributed by atoms with Crippen molar-refractivity contribution in [3.8, 4) is 0 Å². The maximum Gasteiger partial charge on any atom is 0.236 e. The molecule has 5 heteroatoms. The number of likely N-dealkylation sites (N-methyl/N-ethyl adjacent to an activating group) is 1. The number of nitrogens with two attached hydrogens (primary N) is 2. The van der Waals surface area contributed by atoms with Gasteiger partial charge in [-0.15, -0.1) is 0 Å². The molecule has 15 heavy (non-hydrogen) atoms. The maximum absolute atomic E-state index is 12.8. The number of primary amides is 1. The molecule has 1 aromatic carbocycles. The van der Waals surface area contributed by atoms with Crippen LogP contribution in [0.2, 0.25) is 0 Å². The van der Waals surface area contributed by atoms with Crippen molar-refractivity contribution < 1.29 is 9.18 Å². The van der Waals surface area contributed by atoms with Crippen LogP contribution in [0.15, 0.2) is 18.2 Å². The van der Waals surface area contributed by atoms with Crippen molar-refractivity contribution >= 4 is 17.3 Å². The fourth-order valence-corrected chi connectivity index (χ4v) is 1.37. The Hall–Kier alpha value is -1.78. The Balaban J connectivity index is 2.96. The van der Waals surface area contributed by atoms with Crippen LogP contribution in [0.4, 0.5) is 15.8 Å². The Kier molecular flexibility index (Phi) is 3.49. The van der Waals surface area contributed by atoms with E-state index in [1.165, 1.54) is 18.2 Å². The Bertz CT molecular complexity index is 368. The molecule has 1 amide bonds. The van der Waals surface area contributed by atoms with Crippen LogP contribution in [-0.4, -0.2) is 19.0 Å². The van der Waals surface area contributed by atoms with Crippen molar-refractivity contribution in [3.63, 3.8) is 0 Å². The van der Waals surface area contributed by atoms with E-state index in [4.69, 9.17) is 11.5 Å². The first-order valence-corrected chi connectivity index (χ1v) is 4.63. The fraction of sp³-hybridized carbons (Fsp3) is 0.300. The molecule has 0 radical (unpaired) electrons. The predicted octanol–water partition coefficient (Wildman–Crippen LogP) is 0.720. The molecule has 0 bridgehead atoms. The molecule has 0 unspecified atom stereocenters. The summed E-state index contributed by atoms with van der Waals surface area (Å²) in [5, 5.41) is 0. The number of benzene rings is 1. The molecule has 0 atom stereocenters. The van der Waals surface area contributed by atoms with E-state index >= 15 is 0 Å².